The molecule has 1 heterocycles. The van der Waals surface area contributed by atoms with Gasteiger partial charge in [-0.2, -0.15) is 0 Å². The van der Waals surface area contributed by atoms with E-state index >= 15 is 0 Å². The molecule has 2 atom stereocenters. The topological polar surface area (TPSA) is 76.2 Å². The van der Waals surface area contributed by atoms with Crippen molar-refractivity contribution in [3.8, 4) is 5.75 Å². The summed E-state index contributed by atoms with van der Waals surface area (Å²) in [5.41, 5.74) is -0.385. The summed E-state index contributed by atoms with van der Waals surface area (Å²) in [6.07, 6.45) is -0.0622. The number of piperidine rings is 1. The molecule has 196 valence electrons. The summed E-state index contributed by atoms with van der Waals surface area (Å²) in [7, 11) is -2.47. The third-order valence-corrected chi connectivity index (χ3v) is 8.46. The van der Waals surface area contributed by atoms with Crippen LogP contribution in [0, 0.1) is 5.92 Å². The van der Waals surface area contributed by atoms with Crippen molar-refractivity contribution in [1.29, 1.82) is 0 Å². The highest BCUT2D eigenvalue weighted by Gasteiger charge is 2.50. The van der Waals surface area contributed by atoms with E-state index in [4.69, 9.17) is 17.7 Å². The third-order valence-electron chi connectivity index (χ3n) is 6.65. The van der Waals surface area contributed by atoms with Gasteiger partial charge in [-0.3, -0.25) is 0 Å². The zero-order valence-corrected chi connectivity index (χ0v) is 21.4. The van der Waals surface area contributed by atoms with E-state index in [0.717, 1.165) is 0 Å². The van der Waals surface area contributed by atoms with Crippen molar-refractivity contribution in [2.24, 2.45) is 5.92 Å². The molecule has 0 N–H and O–H groups in total. The summed E-state index contributed by atoms with van der Waals surface area (Å²) >= 11 is 0. The Bertz CT molecular complexity index is 1490. The molecule has 3 aromatic rings. The van der Waals surface area contributed by atoms with E-state index in [1.54, 1.807) is 84.9 Å². The second kappa shape index (κ2) is 11.5. The van der Waals surface area contributed by atoms with Gasteiger partial charge in [-0.15, -0.1) is 0 Å². The van der Waals surface area contributed by atoms with Crippen molar-refractivity contribution in [2.75, 3.05) is 40.7 Å². The lowest BCUT2D eigenvalue weighted by atomic mass is 9.75. The molecule has 0 amide bonds. The van der Waals surface area contributed by atoms with Gasteiger partial charge in [-0.05, 0) is 49.3 Å². The smallest absolute Gasteiger partial charge is 0.339 e. The summed E-state index contributed by atoms with van der Waals surface area (Å²) in [6.45, 7) is -7.09. The summed E-state index contributed by atoms with van der Waals surface area (Å²) in [4.78, 5) is 13.9. The molecule has 3 aromatic carbocycles. The number of esters is 1. The van der Waals surface area contributed by atoms with Crippen molar-refractivity contribution >= 4 is 16.0 Å². The molecule has 7 nitrogen and oxygen atoms in total. The predicted molar refractivity (Wildman–Crippen MR) is 144 cm³/mol. The normalized spacial score (nSPS) is 23.6. The van der Waals surface area contributed by atoms with Gasteiger partial charge in [0, 0.05) is 40.2 Å². The van der Waals surface area contributed by atoms with Crippen LogP contribution in [0.25, 0.3) is 0 Å². The van der Waals surface area contributed by atoms with Gasteiger partial charge in [-0.1, -0.05) is 60.7 Å². The van der Waals surface area contributed by atoms with Crippen LogP contribution in [0.1, 0.15) is 36.1 Å². The Hall–Kier alpha value is -3.20. The molecule has 1 fully saturated rings. The Morgan fingerprint density at radius 2 is 1.76 bits per heavy atom. The summed E-state index contributed by atoms with van der Waals surface area (Å²) in [5.74, 6) is -1.71. The minimum absolute atomic E-state index is 0.0622. The van der Waals surface area contributed by atoms with Gasteiger partial charge in [0.05, 0.1) is 18.4 Å². The molecule has 4 rings (SSSR count). The molecule has 0 aliphatic carbocycles. The van der Waals surface area contributed by atoms with Gasteiger partial charge in [0.1, 0.15) is 11.4 Å². The summed E-state index contributed by atoms with van der Waals surface area (Å²) in [6, 6.07) is 23.5. The lowest BCUT2D eigenvalue weighted by molar-refractivity contribution is -0.0880. The number of carbonyl (C=O) groups excluding carboxylic acids is 1. The lowest BCUT2D eigenvalue weighted by Gasteiger charge is -2.47. The Kier molecular flexibility index (Phi) is 6.15. The molecule has 0 saturated carbocycles. The van der Waals surface area contributed by atoms with Crippen molar-refractivity contribution in [1.82, 2.24) is 9.21 Å². The Labute approximate surface area is 228 Å². The number of ether oxygens (including phenoxy) is 2. The maximum atomic E-state index is 13.6. The molecule has 1 aliphatic heterocycles. The molecule has 0 bridgehead atoms. The van der Waals surface area contributed by atoms with Crippen molar-refractivity contribution in [3.05, 3.63) is 102 Å². The number of sulfonamides is 1. The number of rotatable bonds is 9. The van der Waals surface area contributed by atoms with Crippen LogP contribution in [-0.2, 0) is 26.1 Å². The minimum Gasteiger partial charge on any atom is -0.497 e. The highest BCUT2D eigenvalue weighted by atomic mass is 32.2. The molecule has 1 aliphatic rings. The lowest BCUT2D eigenvalue weighted by Crippen LogP contribution is -2.56. The monoisotopic (exact) mass is 528 g/mol. The summed E-state index contributed by atoms with van der Waals surface area (Å²) < 4.78 is 88.1. The Balaban J connectivity index is 1.84. The van der Waals surface area contributed by atoms with Crippen LogP contribution in [0.5, 0.6) is 5.75 Å². The standard InChI is InChI=1S/C29H34N2O5S/c1-30(2)20-26-21-31(37(33,34)22-23-11-6-4-7-12-23)18-17-29(26,25-15-10-16-27(19-25)35-3)36-28(32)24-13-8-5-9-14-24/h4-16,19,26H,17-18,20-22H2,1-3H3/i1D3,2D3. The van der Waals surface area contributed by atoms with Crippen LogP contribution in [0.4, 0.5) is 0 Å². The SMILES string of the molecule is [2H]C([2H])([2H])N(CC1CN(S(=O)(=O)Cc2ccccc2)CCC1(OC(=O)c1ccccc1)c1cccc(OC)c1)C([2H])([2H])[2H]. The first-order valence-corrected chi connectivity index (χ1v) is 13.5. The van der Waals surface area contributed by atoms with E-state index in [9.17, 15) is 13.2 Å². The molecule has 37 heavy (non-hydrogen) atoms. The van der Waals surface area contributed by atoms with Crippen LogP contribution in [0.3, 0.4) is 0 Å². The Morgan fingerprint density at radius 3 is 2.43 bits per heavy atom. The number of benzene rings is 3. The first kappa shape index (κ1) is 19.9. The van der Waals surface area contributed by atoms with Crippen LogP contribution in [-0.4, -0.2) is 64.3 Å². The molecule has 0 radical (unpaired) electrons. The predicted octanol–water partition coefficient (Wildman–Crippen LogP) is 4.16. The fraction of sp³-hybridized carbons (Fsp3) is 0.345. The van der Waals surface area contributed by atoms with Crippen LogP contribution < -0.4 is 4.74 Å². The second-order valence-electron chi connectivity index (χ2n) is 9.03. The zero-order chi connectivity index (χ0) is 31.5. The van der Waals surface area contributed by atoms with E-state index in [1.165, 1.54) is 11.4 Å². The molecule has 0 aromatic heterocycles. The van der Waals surface area contributed by atoms with Crippen LogP contribution >= 0.6 is 0 Å². The number of methoxy groups -OCH3 is 1. The maximum absolute atomic E-state index is 13.6. The second-order valence-corrected chi connectivity index (χ2v) is 11.0. The molecule has 0 spiro atoms. The molecular weight excluding hydrogens is 488 g/mol. The van der Waals surface area contributed by atoms with Gasteiger partial charge in [-0.25, -0.2) is 17.5 Å². The number of carbonyl (C=O) groups is 1. The quantitative estimate of drug-likeness (QED) is 0.388. The fourth-order valence-corrected chi connectivity index (χ4v) is 6.36. The molecule has 8 heteroatoms. The Morgan fingerprint density at radius 1 is 1.05 bits per heavy atom. The number of nitrogens with zero attached hydrogens (tertiary/aromatic N) is 2. The van der Waals surface area contributed by atoms with E-state index < -0.39 is 48.0 Å². The first-order chi connectivity index (χ1) is 20.2. The fourth-order valence-electron chi connectivity index (χ4n) is 4.79. The van der Waals surface area contributed by atoms with Gasteiger partial charge in [0.2, 0.25) is 10.0 Å². The van der Waals surface area contributed by atoms with E-state index in [1.807, 2.05) is 0 Å². The van der Waals surface area contributed by atoms with Gasteiger partial charge >= 0.3 is 5.97 Å². The van der Waals surface area contributed by atoms with Gasteiger partial charge in [0.25, 0.3) is 0 Å². The first-order valence-electron chi connectivity index (χ1n) is 14.9. The average molecular weight is 529 g/mol. The summed E-state index contributed by atoms with van der Waals surface area (Å²) in [5, 5.41) is 0. The largest absolute Gasteiger partial charge is 0.497 e. The minimum atomic E-state index is -3.93. The van der Waals surface area contributed by atoms with Crippen LogP contribution in [0.15, 0.2) is 84.9 Å². The third kappa shape index (κ3) is 6.21. The van der Waals surface area contributed by atoms with Crippen LogP contribution in [0.2, 0.25) is 0 Å². The van der Waals surface area contributed by atoms with E-state index in [2.05, 4.69) is 0 Å². The van der Waals surface area contributed by atoms with Crippen molar-refractivity contribution < 1.29 is 30.9 Å². The van der Waals surface area contributed by atoms with E-state index in [-0.39, 0.29) is 30.8 Å². The average Bonchev–Trinajstić information content (AvgIpc) is 2.96. The van der Waals surface area contributed by atoms with Crippen molar-refractivity contribution in [2.45, 2.75) is 17.8 Å². The highest BCUT2D eigenvalue weighted by molar-refractivity contribution is 7.88. The molecular formula is C29H34N2O5S. The van der Waals surface area contributed by atoms with E-state index in [0.29, 0.717) is 21.8 Å². The van der Waals surface area contributed by atoms with Gasteiger partial charge < -0.3 is 14.4 Å². The van der Waals surface area contributed by atoms with Crippen molar-refractivity contribution in [3.63, 3.8) is 0 Å². The number of hydrogen-bond acceptors (Lipinski definition) is 6. The molecule has 1 saturated heterocycles. The number of hydrogen-bond donors (Lipinski definition) is 0. The highest BCUT2D eigenvalue weighted by Crippen LogP contribution is 2.44. The van der Waals surface area contributed by atoms with Gasteiger partial charge in [0.15, 0.2) is 0 Å². The zero-order valence-electron chi connectivity index (χ0n) is 26.5. The molecule has 2 unspecified atom stereocenters. The maximum Gasteiger partial charge on any atom is 0.339 e.